The average Bonchev–Trinajstić information content (AvgIpc) is 3.12. The van der Waals surface area contributed by atoms with Gasteiger partial charge < -0.3 is 20.4 Å². The van der Waals surface area contributed by atoms with Crippen molar-refractivity contribution in [2.75, 3.05) is 45.2 Å². The molecule has 1 aliphatic heterocycles. The molecule has 1 aromatic rings. The number of anilines is 1. The number of nitrogens with zero attached hydrogens (tertiary/aromatic N) is 3. The third-order valence-electron chi connectivity index (χ3n) is 4.08. The highest BCUT2D eigenvalue weighted by molar-refractivity contribution is 7.14. The van der Waals surface area contributed by atoms with Gasteiger partial charge in [0.25, 0.3) is 0 Å². The van der Waals surface area contributed by atoms with Crippen LogP contribution < -0.4 is 15.5 Å². The standard InChI is InChI=1S/C18H29N5OS/c1-14(2)12-19-18(20-13-16(24)22(3)4)21-15-7-9-23(10-8-15)17-6-5-11-25-17/h5-6,11,15H,1,7-10,12-13H2,2-4H3,(H2,19,20,21). The Morgan fingerprint density at radius 1 is 1.44 bits per heavy atom. The fraction of sp³-hybridized carbons (Fsp3) is 0.556. The molecule has 0 atom stereocenters. The van der Waals surface area contributed by atoms with Crippen molar-refractivity contribution in [1.82, 2.24) is 15.5 Å². The Kier molecular flexibility index (Phi) is 7.31. The molecular formula is C18H29N5OS. The van der Waals surface area contributed by atoms with E-state index in [0.29, 0.717) is 18.5 Å². The van der Waals surface area contributed by atoms with E-state index in [2.05, 4.69) is 44.6 Å². The van der Waals surface area contributed by atoms with Crippen molar-refractivity contribution < 1.29 is 4.79 Å². The largest absolute Gasteiger partial charge is 0.363 e. The van der Waals surface area contributed by atoms with Crippen LogP contribution in [-0.4, -0.2) is 63.1 Å². The molecule has 1 saturated heterocycles. The molecule has 0 aromatic carbocycles. The molecule has 0 bridgehead atoms. The van der Waals surface area contributed by atoms with Gasteiger partial charge in [-0.05, 0) is 37.3 Å². The Morgan fingerprint density at radius 3 is 2.72 bits per heavy atom. The molecular weight excluding hydrogens is 334 g/mol. The lowest BCUT2D eigenvalue weighted by Gasteiger charge is -2.33. The molecule has 0 radical (unpaired) electrons. The van der Waals surface area contributed by atoms with Gasteiger partial charge in [-0.15, -0.1) is 11.3 Å². The number of rotatable bonds is 6. The summed E-state index contributed by atoms with van der Waals surface area (Å²) < 4.78 is 0. The second-order valence-corrected chi connectivity index (χ2v) is 7.55. The van der Waals surface area contributed by atoms with Gasteiger partial charge in [-0.25, -0.2) is 4.99 Å². The molecule has 6 nitrogen and oxygen atoms in total. The molecule has 1 aliphatic rings. The van der Waals surface area contributed by atoms with Gasteiger partial charge in [0.15, 0.2) is 5.96 Å². The van der Waals surface area contributed by atoms with Crippen molar-refractivity contribution >= 4 is 28.2 Å². The highest BCUT2D eigenvalue weighted by Gasteiger charge is 2.20. The molecule has 1 aromatic heterocycles. The Morgan fingerprint density at radius 2 is 2.16 bits per heavy atom. The smallest absolute Gasteiger partial charge is 0.243 e. The summed E-state index contributed by atoms with van der Waals surface area (Å²) in [6.45, 7) is 8.73. The fourth-order valence-corrected chi connectivity index (χ4v) is 3.35. The summed E-state index contributed by atoms with van der Waals surface area (Å²) in [7, 11) is 3.49. The second-order valence-electron chi connectivity index (χ2n) is 6.62. The van der Waals surface area contributed by atoms with E-state index in [1.165, 1.54) is 5.00 Å². The van der Waals surface area contributed by atoms with Gasteiger partial charge >= 0.3 is 0 Å². The highest BCUT2D eigenvalue weighted by atomic mass is 32.1. The van der Waals surface area contributed by atoms with Gasteiger partial charge in [0.1, 0.15) is 6.54 Å². The van der Waals surface area contributed by atoms with Crippen molar-refractivity contribution in [3.8, 4) is 0 Å². The van der Waals surface area contributed by atoms with Crippen LogP contribution in [0.25, 0.3) is 0 Å². The van der Waals surface area contributed by atoms with Crippen LogP contribution in [0.1, 0.15) is 19.8 Å². The number of guanidine groups is 1. The normalized spacial score (nSPS) is 15.8. The summed E-state index contributed by atoms with van der Waals surface area (Å²) in [5.74, 6) is 0.678. The maximum Gasteiger partial charge on any atom is 0.243 e. The van der Waals surface area contributed by atoms with Gasteiger partial charge in [-0.3, -0.25) is 4.79 Å². The number of hydrogen-bond acceptors (Lipinski definition) is 4. The molecule has 2 heterocycles. The first-order valence-electron chi connectivity index (χ1n) is 8.63. The third kappa shape index (κ3) is 6.42. The summed E-state index contributed by atoms with van der Waals surface area (Å²) in [6, 6.07) is 4.63. The number of nitrogens with one attached hydrogen (secondary N) is 2. The molecule has 0 unspecified atom stereocenters. The van der Waals surface area contributed by atoms with E-state index in [9.17, 15) is 4.79 Å². The zero-order valence-electron chi connectivity index (χ0n) is 15.4. The lowest BCUT2D eigenvalue weighted by atomic mass is 10.1. The minimum Gasteiger partial charge on any atom is -0.363 e. The van der Waals surface area contributed by atoms with E-state index in [-0.39, 0.29) is 12.5 Å². The molecule has 138 valence electrons. The van der Waals surface area contributed by atoms with E-state index in [1.54, 1.807) is 30.3 Å². The van der Waals surface area contributed by atoms with E-state index < -0.39 is 0 Å². The summed E-state index contributed by atoms with van der Waals surface area (Å²) >= 11 is 1.79. The van der Waals surface area contributed by atoms with Crippen molar-refractivity contribution in [3.63, 3.8) is 0 Å². The summed E-state index contributed by atoms with van der Waals surface area (Å²) in [6.07, 6.45) is 2.10. The van der Waals surface area contributed by atoms with E-state index in [1.807, 2.05) is 6.92 Å². The number of thiophene rings is 1. The van der Waals surface area contributed by atoms with E-state index in [0.717, 1.165) is 31.5 Å². The SMILES string of the molecule is C=C(C)CNC(=NCC(=O)N(C)C)NC1CCN(c2cccs2)CC1. The Labute approximate surface area is 154 Å². The first-order valence-corrected chi connectivity index (χ1v) is 9.51. The van der Waals surface area contributed by atoms with Crippen LogP contribution in [0.15, 0.2) is 34.7 Å². The first-order chi connectivity index (χ1) is 12.0. The molecule has 2 rings (SSSR count). The number of carbonyl (C=O) groups is 1. The van der Waals surface area contributed by atoms with Crippen LogP contribution in [0, 0.1) is 0 Å². The zero-order valence-corrected chi connectivity index (χ0v) is 16.2. The Balaban J connectivity index is 1.88. The molecule has 25 heavy (non-hydrogen) atoms. The number of likely N-dealkylation sites (N-methyl/N-ethyl adjacent to an activating group) is 1. The molecule has 1 fully saturated rings. The average molecular weight is 364 g/mol. The van der Waals surface area contributed by atoms with Crippen LogP contribution in [0.5, 0.6) is 0 Å². The maximum absolute atomic E-state index is 11.8. The Hall–Kier alpha value is -2.02. The summed E-state index contributed by atoms with van der Waals surface area (Å²) in [5, 5.41) is 10.2. The number of hydrogen-bond donors (Lipinski definition) is 2. The number of aliphatic imine (C=N–C) groups is 1. The molecule has 2 N–H and O–H groups in total. The second kappa shape index (κ2) is 9.46. The van der Waals surface area contributed by atoms with Crippen LogP contribution >= 0.6 is 11.3 Å². The quantitative estimate of drug-likeness (QED) is 0.461. The molecule has 0 saturated carbocycles. The maximum atomic E-state index is 11.8. The highest BCUT2D eigenvalue weighted by Crippen LogP contribution is 2.24. The van der Waals surface area contributed by atoms with E-state index >= 15 is 0 Å². The minimum atomic E-state index is -0.0102. The van der Waals surface area contributed by atoms with Gasteiger partial charge in [0, 0.05) is 39.8 Å². The molecule has 1 amide bonds. The monoisotopic (exact) mass is 363 g/mol. The molecule has 0 spiro atoms. The van der Waals surface area contributed by atoms with Gasteiger partial charge in [0.05, 0.1) is 5.00 Å². The number of carbonyl (C=O) groups excluding carboxylic acids is 1. The van der Waals surface area contributed by atoms with Crippen LogP contribution in [0.4, 0.5) is 5.00 Å². The van der Waals surface area contributed by atoms with Crippen molar-refractivity contribution in [1.29, 1.82) is 0 Å². The van der Waals surface area contributed by atoms with Crippen LogP contribution in [-0.2, 0) is 4.79 Å². The fourth-order valence-electron chi connectivity index (χ4n) is 2.56. The van der Waals surface area contributed by atoms with Gasteiger partial charge in [-0.1, -0.05) is 12.2 Å². The van der Waals surface area contributed by atoms with E-state index in [4.69, 9.17) is 0 Å². The first kappa shape index (κ1) is 19.3. The third-order valence-corrected chi connectivity index (χ3v) is 5.01. The lowest BCUT2D eigenvalue weighted by molar-refractivity contribution is -0.127. The van der Waals surface area contributed by atoms with Crippen LogP contribution in [0.2, 0.25) is 0 Å². The summed E-state index contributed by atoms with van der Waals surface area (Å²) in [5.41, 5.74) is 1.03. The molecule has 0 aliphatic carbocycles. The predicted molar refractivity (Wildman–Crippen MR) is 107 cm³/mol. The van der Waals surface area contributed by atoms with Crippen LogP contribution in [0.3, 0.4) is 0 Å². The van der Waals surface area contributed by atoms with Crippen molar-refractivity contribution in [3.05, 3.63) is 29.7 Å². The minimum absolute atomic E-state index is 0.0102. The zero-order chi connectivity index (χ0) is 18.2. The number of amides is 1. The van der Waals surface area contributed by atoms with Crippen molar-refractivity contribution in [2.24, 2.45) is 4.99 Å². The Bertz CT molecular complexity index is 589. The molecule has 7 heteroatoms. The lowest BCUT2D eigenvalue weighted by Crippen LogP contribution is -2.49. The van der Waals surface area contributed by atoms with Crippen molar-refractivity contribution in [2.45, 2.75) is 25.8 Å². The topological polar surface area (TPSA) is 60.0 Å². The van der Waals surface area contributed by atoms with Gasteiger partial charge in [0.2, 0.25) is 5.91 Å². The number of piperidine rings is 1. The predicted octanol–water partition coefficient (Wildman–Crippen LogP) is 1.92. The van der Waals surface area contributed by atoms with Gasteiger partial charge in [-0.2, -0.15) is 0 Å². The summed E-state index contributed by atoms with van der Waals surface area (Å²) in [4.78, 5) is 20.2.